The van der Waals surface area contributed by atoms with Gasteiger partial charge in [0.25, 0.3) is 5.91 Å². The molecule has 0 aliphatic carbocycles. The van der Waals surface area contributed by atoms with Crippen molar-refractivity contribution in [3.8, 4) is 5.75 Å². The molecule has 1 N–H and O–H groups in total. The molecule has 0 saturated heterocycles. The van der Waals surface area contributed by atoms with Crippen molar-refractivity contribution in [3.05, 3.63) is 89.5 Å². The van der Waals surface area contributed by atoms with Gasteiger partial charge in [0.15, 0.2) is 9.84 Å². The minimum Gasteiger partial charge on any atom is -0.496 e. The van der Waals surface area contributed by atoms with Crippen LogP contribution >= 0.6 is 0 Å². The average Bonchev–Trinajstić information content (AvgIpc) is 2.76. The van der Waals surface area contributed by atoms with Crippen molar-refractivity contribution < 1.29 is 22.3 Å². The van der Waals surface area contributed by atoms with Gasteiger partial charge in [0.05, 0.1) is 17.6 Å². The quantitative estimate of drug-likeness (QED) is 0.583. The van der Waals surface area contributed by atoms with E-state index in [0.29, 0.717) is 16.9 Å². The van der Waals surface area contributed by atoms with Gasteiger partial charge in [-0.05, 0) is 54.4 Å². The average molecular weight is 428 g/mol. The van der Waals surface area contributed by atoms with Crippen molar-refractivity contribution in [1.82, 2.24) is 10.3 Å². The Labute approximate surface area is 174 Å². The Morgan fingerprint density at radius 2 is 1.93 bits per heavy atom. The van der Waals surface area contributed by atoms with Crippen molar-refractivity contribution in [2.75, 3.05) is 13.7 Å². The number of nitrogens with zero attached hydrogens (tertiary/aromatic N) is 1. The van der Waals surface area contributed by atoms with E-state index < -0.39 is 26.8 Å². The van der Waals surface area contributed by atoms with Crippen LogP contribution in [-0.4, -0.2) is 33.0 Å². The van der Waals surface area contributed by atoms with Crippen molar-refractivity contribution in [1.29, 1.82) is 0 Å². The maximum atomic E-state index is 13.7. The summed E-state index contributed by atoms with van der Waals surface area (Å²) in [5, 5.41) is 1.57. The van der Waals surface area contributed by atoms with E-state index >= 15 is 0 Å². The number of rotatable bonds is 7. The fourth-order valence-corrected chi connectivity index (χ4v) is 4.77. The number of amides is 1. The van der Waals surface area contributed by atoms with E-state index in [4.69, 9.17) is 4.74 Å². The lowest BCUT2D eigenvalue weighted by molar-refractivity contribution is 0.0950. The summed E-state index contributed by atoms with van der Waals surface area (Å²) in [6.45, 7) is 1.30. The lowest BCUT2D eigenvalue weighted by atomic mass is 10.1. The fourth-order valence-electron chi connectivity index (χ4n) is 3.04. The molecule has 1 heterocycles. The molecule has 8 heteroatoms. The summed E-state index contributed by atoms with van der Waals surface area (Å²) in [7, 11) is -2.49. The smallest absolute Gasteiger partial charge is 0.255 e. The Hall–Kier alpha value is -3.26. The van der Waals surface area contributed by atoms with Crippen LogP contribution in [0.1, 0.15) is 26.7 Å². The van der Waals surface area contributed by atoms with Gasteiger partial charge in [-0.25, -0.2) is 12.8 Å². The standard InChI is InChI=1S/C22H21FN2O4S/c1-15-12-17(9-10-19(15)23)30(27,28)21(16-6-5-11-24-13-16)14-25-22(26)18-7-3-4-8-20(18)29-2/h3-13,21H,14H2,1-2H3,(H,25,26)/t21-/m0/s1. The molecule has 0 radical (unpaired) electrons. The van der Waals surface area contributed by atoms with Gasteiger partial charge >= 0.3 is 0 Å². The first-order valence-electron chi connectivity index (χ1n) is 9.15. The molecule has 6 nitrogen and oxygen atoms in total. The number of aromatic nitrogens is 1. The van der Waals surface area contributed by atoms with E-state index in [2.05, 4.69) is 10.3 Å². The first-order chi connectivity index (χ1) is 14.3. The zero-order valence-corrected chi connectivity index (χ0v) is 17.3. The summed E-state index contributed by atoms with van der Waals surface area (Å²) in [6, 6.07) is 13.5. The van der Waals surface area contributed by atoms with Crippen LogP contribution in [0.3, 0.4) is 0 Å². The van der Waals surface area contributed by atoms with E-state index in [1.165, 1.54) is 38.6 Å². The number of nitrogens with one attached hydrogen (secondary N) is 1. The van der Waals surface area contributed by atoms with E-state index in [1.807, 2.05) is 0 Å². The summed E-state index contributed by atoms with van der Waals surface area (Å²) in [5.74, 6) is -0.576. The Kier molecular flexibility index (Phi) is 6.47. The van der Waals surface area contributed by atoms with Gasteiger partial charge in [0.1, 0.15) is 16.8 Å². The number of halogens is 1. The zero-order chi connectivity index (χ0) is 21.7. The van der Waals surface area contributed by atoms with Crippen LogP contribution in [0.15, 0.2) is 71.9 Å². The molecular formula is C22H21FN2O4S. The minimum atomic E-state index is -3.94. The second-order valence-corrected chi connectivity index (χ2v) is 8.77. The Balaban J connectivity index is 1.94. The summed E-state index contributed by atoms with van der Waals surface area (Å²) in [4.78, 5) is 16.6. The summed E-state index contributed by atoms with van der Waals surface area (Å²) >= 11 is 0. The number of benzene rings is 2. The summed E-state index contributed by atoms with van der Waals surface area (Å²) in [6.07, 6.45) is 2.97. The molecule has 30 heavy (non-hydrogen) atoms. The molecule has 3 aromatic rings. The molecule has 3 rings (SSSR count). The number of carbonyl (C=O) groups is 1. The molecule has 0 spiro atoms. The number of ether oxygens (including phenoxy) is 1. The number of hydrogen-bond acceptors (Lipinski definition) is 5. The molecule has 1 atom stereocenters. The van der Waals surface area contributed by atoms with Crippen LogP contribution in [-0.2, 0) is 9.84 Å². The van der Waals surface area contributed by atoms with Crippen LogP contribution in [0, 0.1) is 12.7 Å². The molecule has 2 aromatic carbocycles. The molecule has 0 unspecified atom stereocenters. The highest BCUT2D eigenvalue weighted by molar-refractivity contribution is 7.91. The molecule has 1 amide bonds. The Bertz CT molecular complexity index is 1150. The van der Waals surface area contributed by atoms with Crippen LogP contribution in [0.25, 0.3) is 0 Å². The van der Waals surface area contributed by atoms with Crippen molar-refractivity contribution in [2.24, 2.45) is 0 Å². The second kappa shape index (κ2) is 9.04. The predicted molar refractivity (Wildman–Crippen MR) is 111 cm³/mol. The van der Waals surface area contributed by atoms with Crippen LogP contribution in [0.4, 0.5) is 4.39 Å². The van der Waals surface area contributed by atoms with Gasteiger partial charge in [-0.3, -0.25) is 9.78 Å². The number of pyridine rings is 1. The highest BCUT2D eigenvalue weighted by Gasteiger charge is 2.30. The van der Waals surface area contributed by atoms with Gasteiger partial charge in [0, 0.05) is 18.9 Å². The van der Waals surface area contributed by atoms with E-state index in [9.17, 15) is 17.6 Å². The molecule has 0 fully saturated rings. The predicted octanol–water partition coefficient (Wildman–Crippen LogP) is 3.48. The van der Waals surface area contributed by atoms with Crippen LogP contribution in [0.2, 0.25) is 0 Å². The summed E-state index contributed by atoms with van der Waals surface area (Å²) < 4.78 is 45.5. The third-order valence-corrected chi connectivity index (χ3v) is 6.79. The highest BCUT2D eigenvalue weighted by atomic mass is 32.2. The summed E-state index contributed by atoms with van der Waals surface area (Å²) in [5.41, 5.74) is 0.929. The number of carbonyl (C=O) groups excluding carboxylic acids is 1. The molecule has 0 saturated carbocycles. The van der Waals surface area contributed by atoms with Gasteiger partial charge in [-0.1, -0.05) is 18.2 Å². The van der Waals surface area contributed by atoms with Crippen molar-refractivity contribution in [2.45, 2.75) is 17.1 Å². The molecule has 1 aromatic heterocycles. The minimum absolute atomic E-state index is 0.0261. The third kappa shape index (κ3) is 4.49. The number of hydrogen-bond donors (Lipinski definition) is 1. The maximum absolute atomic E-state index is 13.7. The fraction of sp³-hybridized carbons (Fsp3) is 0.182. The van der Waals surface area contributed by atoms with E-state index in [0.717, 1.165) is 6.07 Å². The number of methoxy groups -OCH3 is 1. The Morgan fingerprint density at radius 1 is 1.17 bits per heavy atom. The monoisotopic (exact) mass is 428 g/mol. The lowest BCUT2D eigenvalue weighted by Gasteiger charge is -2.19. The normalized spacial score (nSPS) is 12.2. The molecule has 156 valence electrons. The van der Waals surface area contributed by atoms with Crippen molar-refractivity contribution >= 4 is 15.7 Å². The zero-order valence-electron chi connectivity index (χ0n) is 16.5. The number of aryl methyl sites for hydroxylation is 1. The SMILES string of the molecule is COc1ccccc1C(=O)NC[C@@H](c1cccnc1)S(=O)(=O)c1ccc(F)c(C)c1. The van der Waals surface area contributed by atoms with Crippen LogP contribution in [0.5, 0.6) is 5.75 Å². The second-order valence-electron chi connectivity index (χ2n) is 6.64. The lowest BCUT2D eigenvalue weighted by Crippen LogP contribution is -2.32. The molecule has 0 aliphatic rings. The van der Waals surface area contributed by atoms with Gasteiger partial charge in [-0.15, -0.1) is 0 Å². The van der Waals surface area contributed by atoms with Gasteiger partial charge in [0.2, 0.25) is 0 Å². The Morgan fingerprint density at radius 3 is 2.60 bits per heavy atom. The highest BCUT2D eigenvalue weighted by Crippen LogP contribution is 2.29. The largest absolute Gasteiger partial charge is 0.496 e. The first-order valence-corrected chi connectivity index (χ1v) is 10.7. The molecule has 0 bridgehead atoms. The third-order valence-electron chi connectivity index (χ3n) is 4.69. The number of para-hydroxylation sites is 1. The van der Waals surface area contributed by atoms with E-state index in [-0.39, 0.29) is 17.0 Å². The van der Waals surface area contributed by atoms with Gasteiger partial charge < -0.3 is 10.1 Å². The van der Waals surface area contributed by atoms with E-state index in [1.54, 1.807) is 36.4 Å². The molecular weight excluding hydrogens is 407 g/mol. The van der Waals surface area contributed by atoms with Crippen molar-refractivity contribution in [3.63, 3.8) is 0 Å². The first kappa shape index (κ1) is 21.4. The number of sulfone groups is 1. The van der Waals surface area contributed by atoms with Crippen LogP contribution < -0.4 is 10.1 Å². The topological polar surface area (TPSA) is 85.4 Å². The van der Waals surface area contributed by atoms with Gasteiger partial charge in [-0.2, -0.15) is 0 Å². The maximum Gasteiger partial charge on any atom is 0.255 e. The molecule has 0 aliphatic heterocycles.